The van der Waals surface area contributed by atoms with Gasteiger partial charge in [-0.25, -0.2) is 0 Å². The molecule has 0 aliphatic carbocycles. The zero-order chi connectivity index (χ0) is 15.9. The molecule has 3 saturated heterocycles. The minimum absolute atomic E-state index is 0.119. The summed E-state index contributed by atoms with van der Waals surface area (Å²) in [6, 6.07) is 9.04. The number of benzene rings is 1. The van der Waals surface area contributed by atoms with Crippen LogP contribution in [0.25, 0.3) is 0 Å². The number of ether oxygens (including phenoxy) is 1. The lowest BCUT2D eigenvalue weighted by molar-refractivity contribution is -0.136. The first kappa shape index (κ1) is 15.2. The fourth-order valence-electron chi connectivity index (χ4n) is 4.48. The molecule has 4 rings (SSSR count). The van der Waals surface area contributed by atoms with Crippen molar-refractivity contribution in [3.8, 4) is 0 Å². The highest BCUT2D eigenvalue weighted by Gasteiger charge is 2.51. The number of carbonyl (C=O) groups is 1. The van der Waals surface area contributed by atoms with E-state index in [2.05, 4.69) is 41.0 Å². The zero-order valence-electron chi connectivity index (χ0n) is 14.0. The second kappa shape index (κ2) is 5.91. The van der Waals surface area contributed by atoms with E-state index in [9.17, 15) is 4.79 Å². The Morgan fingerprint density at radius 2 is 2.17 bits per heavy atom. The number of rotatable bonds is 3. The van der Waals surface area contributed by atoms with Gasteiger partial charge in [-0.2, -0.15) is 0 Å². The second-order valence-electron chi connectivity index (χ2n) is 7.48. The number of likely N-dealkylation sites (tertiary alicyclic amines) is 2. The molecule has 1 aromatic carbocycles. The monoisotopic (exact) mass is 314 g/mol. The largest absolute Gasteiger partial charge is 0.380 e. The SMILES string of the molecule is Cc1cccc(CN2CC[C@]3(CCN([C@H]4CCOC4)C3)C2=O)c1. The number of hydrogen-bond acceptors (Lipinski definition) is 3. The van der Waals surface area contributed by atoms with Crippen LogP contribution in [0, 0.1) is 12.3 Å². The Hall–Kier alpha value is -1.39. The summed E-state index contributed by atoms with van der Waals surface area (Å²) in [5.74, 6) is 0.375. The lowest BCUT2D eigenvalue weighted by atomic mass is 9.85. The second-order valence-corrected chi connectivity index (χ2v) is 7.48. The molecule has 0 radical (unpaired) electrons. The molecule has 3 heterocycles. The number of amides is 1. The van der Waals surface area contributed by atoms with Crippen molar-refractivity contribution in [2.24, 2.45) is 5.41 Å². The molecule has 3 fully saturated rings. The molecule has 4 heteroatoms. The van der Waals surface area contributed by atoms with Gasteiger partial charge in [-0.1, -0.05) is 29.8 Å². The molecule has 3 aliphatic rings. The molecule has 0 unspecified atom stereocenters. The Balaban J connectivity index is 1.43. The van der Waals surface area contributed by atoms with Crippen molar-refractivity contribution in [1.82, 2.24) is 9.80 Å². The van der Waals surface area contributed by atoms with Crippen LogP contribution in [-0.4, -0.2) is 54.6 Å². The summed E-state index contributed by atoms with van der Waals surface area (Å²) in [6.07, 6.45) is 3.16. The summed E-state index contributed by atoms with van der Waals surface area (Å²) in [6.45, 7) is 7.48. The highest BCUT2D eigenvalue weighted by atomic mass is 16.5. The Labute approximate surface area is 138 Å². The average Bonchev–Trinajstić information content (AvgIpc) is 3.25. The third-order valence-electron chi connectivity index (χ3n) is 5.86. The Morgan fingerprint density at radius 3 is 2.96 bits per heavy atom. The van der Waals surface area contributed by atoms with Crippen LogP contribution in [0.5, 0.6) is 0 Å². The van der Waals surface area contributed by atoms with Gasteiger partial charge in [0.1, 0.15) is 0 Å². The molecule has 2 atom stereocenters. The minimum atomic E-state index is -0.119. The van der Waals surface area contributed by atoms with Gasteiger partial charge in [0.2, 0.25) is 5.91 Å². The molecule has 1 aromatic rings. The zero-order valence-corrected chi connectivity index (χ0v) is 14.0. The minimum Gasteiger partial charge on any atom is -0.380 e. The van der Waals surface area contributed by atoms with E-state index in [4.69, 9.17) is 4.74 Å². The van der Waals surface area contributed by atoms with E-state index < -0.39 is 0 Å². The summed E-state index contributed by atoms with van der Waals surface area (Å²) < 4.78 is 5.52. The fraction of sp³-hybridized carbons (Fsp3) is 0.632. The Kier molecular flexibility index (Phi) is 3.90. The van der Waals surface area contributed by atoms with Crippen LogP contribution >= 0.6 is 0 Å². The van der Waals surface area contributed by atoms with Crippen molar-refractivity contribution in [1.29, 1.82) is 0 Å². The molecule has 23 heavy (non-hydrogen) atoms. The van der Waals surface area contributed by atoms with Crippen LogP contribution in [0.1, 0.15) is 30.4 Å². The predicted molar refractivity (Wildman–Crippen MR) is 89.1 cm³/mol. The van der Waals surface area contributed by atoms with E-state index >= 15 is 0 Å². The molecular weight excluding hydrogens is 288 g/mol. The van der Waals surface area contributed by atoms with Gasteiger partial charge in [0.15, 0.2) is 0 Å². The third kappa shape index (κ3) is 2.79. The lowest BCUT2D eigenvalue weighted by Crippen LogP contribution is -2.39. The first-order chi connectivity index (χ1) is 11.2. The molecule has 3 aliphatic heterocycles. The first-order valence-electron chi connectivity index (χ1n) is 8.83. The summed E-state index contributed by atoms with van der Waals surface area (Å²) >= 11 is 0. The third-order valence-corrected chi connectivity index (χ3v) is 5.86. The van der Waals surface area contributed by atoms with Gasteiger partial charge < -0.3 is 9.64 Å². The highest BCUT2D eigenvalue weighted by molar-refractivity contribution is 5.85. The highest BCUT2D eigenvalue weighted by Crippen LogP contribution is 2.42. The summed E-state index contributed by atoms with van der Waals surface area (Å²) in [5, 5.41) is 0. The van der Waals surface area contributed by atoms with Crippen LogP contribution in [0.15, 0.2) is 24.3 Å². The topological polar surface area (TPSA) is 32.8 Å². The molecule has 0 bridgehead atoms. The first-order valence-corrected chi connectivity index (χ1v) is 8.83. The molecule has 0 N–H and O–H groups in total. The molecule has 124 valence electrons. The van der Waals surface area contributed by atoms with Crippen molar-refractivity contribution in [2.75, 3.05) is 32.8 Å². The van der Waals surface area contributed by atoms with Gasteiger partial charge in [0.25, 0.3) is 0 Å². The van der Waals surface area contributed by atoms with Crippen LogP contribution in [-0.2, 0) is 16.1 Å². The molecule has 4 nitrogen and oxygen atoms in total. The van der Waals surface area contributed by atoms with Gasteiger partial charge in [-0.15, -0.1) is 0 Å². The quantitative estimate of drug-likeness (QED) is 0.857. The van der Waals surface area contributed by atoms with Crippen LogP contribution < -0.4 is 0 Å². The number of aryl methyl sites for hydroxylation is 1. The molecule has 1 spiro atoms. The van der Waals surface area contributed by atoms with E-state index in [1.54, 1.807) is 0 Å². The van der Waals surface area contributed by atoms with Gasteiger partial charge in [0.05, 0.1) is 12.0 Å². The van der Waals surface area contributed by atoms with E-state index in [0.717, 1.165) is 58.7 Å². The van der Waals surface area contributed by atoms with E-state index in [1.807, 2.05) is 0 Å². The Morgan fingerprint density at radius 1 is 1.30 bits per heavy atom. The molecule has 0 saturated carbocycles. The van der Waals surface area contributed by atoms with E-state index in [1.165, 1.54) is 11.1 Å². The lowest BCUT2D eigenvalue weighted by Gasteiger charge is -2.26. The van der Waals surface area contributed by atoms with Gasteiger partial charge >= 0.3 is 0 Å². The van der Waals surface area contributed by atoms with Crippen molar-refractivity contribution in [3.63, 3.8) is 0 Å². The summed E-state index contributed by atoms with van der Waals surface area (Å²) in [5.41, 5.74) is 2.39. The smallest absolute Gasteiger partial charge is 0.230 e. The van der Waals surface area contributed by atoms with Crippen molar-refractivity contribution in [3.05, 3.63) is 35.4 Å². The van der Waals surface area contributed by atoms with Crippen molar-refractivity contribution >= 4 is 5.91 Å². The number of hydrogen-bond donors (Lipinski definition) is 0. The van der Waals surface area contributed by atoms with Crippen LogP contribution in [0.3, 0.4) is 0 Å². The summed E-state index contributed by atoms with van der Waals surface area (Å²) in [4.78, 5) is 17.6. The number of nitrogens with zero attached hydrogens (tertiary/aromatic N) is 2. The maximum absolute atomic E-state index is 13.0. The van der Waals surface area contributed by atoms with E-state index in [0.29, 0.717) is 11.9 Å². The normalized spacial score (nSPS) is 31.6. The van der Waals surface area contributed by atoms with Gasteiger partial charge in [-0.05, 0) is 38.3 Å². The van der Waals surface area contributed by atoms with E-state index in [-0.39, 0.29) is 5.41 Å². The van der Waals surface area contributed by atoms with Gasteiger partial charge in [-0.3, -0.25) is 9.69 Å². The summed E-state index contributed by atoms with van der Waals surface area (Å²) in [7, 11) is 0. The van der Waals surface area contributed by atoms with Crippen LogP contribution in [0.2, 0.25) is 0 Å². The average molecular weight is 314 g/mol. The van der Waals surface area contributed by atoms with Crippen molar-refractivity contribution in [2.45, 2.75) is 38.8 Å². The number of carbonyl (C=O) groups excluding carboxylic acids is 1. The molecular formula is C19H26N2O2. The Bertz CT molecular complexity index is 597. The maximum Gasteiger partial charge on any atom is 0.230 e. The fourth-order valence-corrected chi connectivity index (χ4v) is 4.48. The van der Waals surface area contributed by atoms with Crippen LogP contribution in [0.4, 0.5) is 0 Å². The van der Waals surface area contributed by atoms with Crippen molar-refractivity contribution < 1.29 is 9.53 Å². The predicted octanol–water partition coefficient (Wildman–Crippen LogP) is 2.21. The maximum atomic E-state index is 13.0. The van der Waals surface area contributed by atoms with Gasteiger partial charge in [0, 0.05) is 32.3 Å². The standard InChI is InChI=1S/C19H26N2O2/c1-15-3-2-4-16(11-15)12-20-8-6-19(18(20)22)7-9-21(14-19)17-5-10-23-13-17/h2-4,11,17H,5-10,12-14H2,1H3/t17-,19+/m0/s1. The molecule has 1 amide bonds. The molecule has 0 aromatic heterocycles.